The Morgan fingerprint density at radius 3 is 2.89 bits per heavy atom. The van der Waals surface area contributed by atoms with E-state index in [1.807, 2.05) is 24.4 Å². The third-order valence-corrected chi connectivity index (χ3v) is 3.92. The molecule has 19 heavy (non-hydrogen) atoms. The van der Waals surface area contributed by atoms with E-state index in [2.05, 4.69) is 10.3 Å². The quantitative estimate of drug-likeness (QED) is 0.708. The van der Waals surface area contributed by atoms with Gasteiger partial charge in [-0.05, 0) is 30.7 Å². The maximum absolute atomic E-state index is 10.8. The largest absolute Gasteiger partial charge is 0.361 e. The van der Waals surface area contributed by atoms with E-state index in [0.717, 1.165) is 16.5 Å². The highest BCUT2D eigenvalue weighted by molar-refractivity contribution is 7.89. The van der Waals surface area contributed by atoms with Crippen LogP contribution in [0.1, 0.15) is 12.0 Å². The molecule has 4 N–H and O–H groups in total. The Kier molecular flexibility index (Phi) is 4.46. The minimum Gasteiger partial charge on any atom is -0.361 e. The second-order valence-electron chi connectivity index (χ2n) is 4.40. The van der Waals surface area contributed by atoms with Gasteiger partial charge in [0.25, 0.3) is 0 Å². The summed E-state index contributed by atoms with van der Waals surface area (Å²) < 4.78 is 21.5. The Morgan fingerprint density at radius 2 is 2.16 bits per heavy atom. The summed E-state index contributed by atoms with van der Waals surface area (Å²) in [5.41, 5.74) is 2.12. The van der Waals surface area contributed by atoms with Crippen LogP contribution in [0.25, 0.3) is 10.9 Å². The lowest BCUT2D eigenvalue weighted by Crippen LogP contribution is -2.21. The van der Waals surface area contributed by atoms with E-state index in [9.17, 15) is 8.42 Å². The number of hydrogen-bond donors (Lipinski definition) is 3. The van der Waals surface area contributed by atoms with Gasteiger partial charge in [0.2, 0.25) is 10.0 Å². The molecule has 0 bridgehead atoms. The van der Waals surface area contributed by atoms with Gasteiger partial charge in [0, 0.05) is 28.7 Å². The molecule has 2 aromatic rings. The Hall–Kier alpha value is -1.08. The first kappa shape index (κ1) is 14.3. The van der Waals surface area contributed by atoms with E-state index in [0.29, 0.717) is 24.5 Å². The minimum atomic E-state index is -3.36. The van der Waals surface area contributed by atoms with Crippen LogP contribution in [0.15, 0.2) is 24.4 Å². The summed E-state index contributed by atoms with van der Waals surface area (Å²) in [5, 5.41) is 9.93. The fourth-order valence-electron chi connectivity index (χ4n) is 1.93. The molecular weight excluding hydrogens is 286 g/mol. The monoisotopic (exact) mass is 301 g/mol. The van der Waals surface area contributed by atoms with E-state index in [4.69, 9.17) is 16.7 Å². The van der Waals surface area contributed by atoms with Gasteiger partial charge in [-0.1, -0.05) is 17.7 Å². The summed E-state index contributed by atoms with van der Waals surface area (Å²) in [6.07, 6.45) is 2.43. The zero-order valence-electron chi connectivity index (χ0n) is 10.3. The average Bonchev–Trinajstić information content (AvgIpc) is 2.69. The summed E-state index contributed by atoms with van der Waals surface area (Å²) in [6.45, 7) is 1.28. The lowest BCUT2D eigenvalue weighted by atomic mass is 10.2. The molecule has 0 atom stereocenters. The van der Waals surface area contributed by atoms with Gasteiger partial charge in [0.05, 0.1) is 5.75 Å². The van der Waals surface area contributed by atoms with Crippen LogP contribution in [-0.2, 0) is 16.6 Å². The third-order valence-electron chi connectivity index (χ3n) is 2.83. The molecule has 104 valence electrons. The van der Waals surface area contributed by atoms with Crippen molar-refractivity contribution in [1.82, 2.24) is 10.3 Å². The van der Waals surface area contributed by atoms with Crippen LogP contribution < -0.4 is 10.5 Å². The van der Waals surface area contributed by atoms with Gasteiger partial charge in [0.15, 0.2) is 0 Å². The van der Waals surface area contributed by atoms with Crippen molar-refractivity contribution >= 4 is 32.5 Å². The molecule has 0 spiro atoms. The fourth-order valence-corrected chi connectivity index (χ4v) is 2.64. The lowest BCUT2D eigenvalue weighted by Gasteiger charge is -2.03. The zero-order chi connectivity index (χ0) is 13.9. The topological polar surface area (TPSA) is 88.0 Å². The number of sulfonamides is 1. The fraction of sp³-hybridized carbons (Fsp3) is 0.333. The molecule has 0 aliphatic rings. The van der Waals surface area contributed by atoms with Gasteiger partial charge in [-0.25, -0.2) is 13.6 Å². The highest BCUT2D eigenvalue weighted by Gasteiger charge is 2.04. The Morgan fingerprint density at radius 1 is 1.37 bits per heavy atom. The predicted molar refractivity (Wildman–Crippen MR) is 77.6 cm³/mol. The van der Waals surface area contributed by atoms with Gasteiger partial charge in [-0.15, -0.1) is 0 Å². The van der Waals surface area contributed by atoms with Crippen LogP contribution in [0, 0.1) is 0 Å². The molecule has 0 unspecified atom stereocenters. The van der Waals surface area contributed by atoms with Crippen molar-refractivity contribution in [2.45, 2.75) is 13.0 Å². The zero-order valence-corrected chi connectivity index (χ0v) is 11.9. The van der Waals surface area contributed by atoms with Crippen molar-refractivity contribution < 1.29 is 8.42 Å². The van der Waals surface area contributed by atoms with Gasteiger partial charge in [0.1, 0.15) is 0 Å². The number of rotatable bonds is 6. The highest BCUT2D eigenvalue weighted by Crippen LogP contribution is 2.21. The molecule has 0 fully saturated rings. The number of aromatic nitrogens is 1. The minimum absolute atomic E-state index is 0.00346. The molecule has 0 radical (unpaired) electrons. The smallest absolute Gasteiger partial charge is 0.209 e. The Bertz CT molecular complexity index is 667. The number of H-pyrrole nitrogens is 1. The van der Waals surface area contributed by atoms with Gasteiger partial charge in [-0.2, -0.15) is 0 Å². The number of nitrogens with two attached hydrogens (primary N) is 1. The number of halogens is 1. The van der Waals surface area contributed by atoms with E-state index in [1.54, 1.807) is 0 Å². The number of benzene rings is 1. The normalized spacial score (nSPS) is 12.1. The second-order valence-corrected chi connectivity index (χ2v) is 6.57. The third kappa shape index (κ3) is 4.21. The molecule has 2 rings (SSSR count). The van der Waals surface area contributed by atoms with E-state index >= 15 is 0 Å². The van der Waals surface area contributed by atoms with Gasteiger partial charge < -0.3 is 10.3 Å². The van der Waals surface area contributed by atoms with Crippen molar-refractivity contribution in [3.8, 4) is 0 Å². The first-order chi connectivity index (χ1) is 8.96. The highest BCUT2D eigenvalue weighted by atomic mass is 35.5. The van der Waals surface area contributed by atoms with Gasteiger partial charge >= 0.3 is 0 Å². The van der Waals surface area contributed by atoms with Crippen molar-refractivity contribution in [3.63, 3.8) is 0 Å². The van der Waals surface area contributed by atoms with Gasteiger partial charge in [-0.3, -0.25) is 0 Å². The molecule has 0 saturated heterocycles. The van der Waals surface area contributed by atoms with E-state index in [-0.39, 0.29) is 5.75 Å². The first-order valence-electron chi connectivity index (χ1n) is 5.92. The van der Waals surface area contributed by atoms with Crippen molar-refractivity contribution in [2.75, 3.05) is 12.3 Å². The summed E-state index contributed by atoms with van der Waals surface area (Å²) in [4.78, 5) is 3.15. The first-order valence-corrected chi connectivity index (χ1v) is 8.02. The number of hydrogen-bond acceptors (Lipinski definition) is 3. The Balaban J connectivity index is 1.88. The second kappa shape index (κ2) is 5.92. The van der Waals surface area contributed by atoms with Crippen molar-refractivity contribution in [3.05, 3.63) is 35.0 Å². The number of nitrogens with one attached hydrogen (secondary N) is 2. The van der Waals surface area contributed by atoms with Crippen LogP contribution in [-0.4, -0.2) is 25.7 Å². The molecule has 0 saturated carbocycles. The summed E-state index contributed by atoms with van der Waals surface area (Å²) >= 11 is 5.91. The molecule has 0 amide bonds. The molecule has 0 aliphatic heterocycles. The van der Waals surface area contributed by atoms with Crippen molar-refractivity contribution in [2.24, 2.45) is 5.14 Å². The van der Waals surface area contributed by atoms with E-state index in [1.165, 1.54) is 0 Å². The number of fused-ring (bicyclic) bond motifs is 1. The molecule has 1 aromatic carbocycles. The van der Waals surface area contributed by atoms with Crippen LogP contribution in [0.3, 0.4) is 0 Å². The molecule has 0 aliphatic carbocycles. The SMILES string of the molecule is NS(=O)(=O)CCCNCc1c[nH]c2cc(Cl)ccc12. The van der Waals surface area contributed by atoms with E-state index < -0.39 is 10.0 Å². The molecule has 1 aromatic heterocycles. The number of aromatic amines is 1. The maximum atomic E-state index is 10.8. The van der Waals surface area contributed by atoms with Crippen molar-refractivity contribution in [1.29, 1.82) is 0 Å². The standard InChI is InChI=1S/C12H16ClN3O2S/c13-10-2-3-11-9(8-16-12(11)6-10)7-15-4-1-5-19(14,17)18/h2-3,6,8,15-16H,1,4-5,7H2,(H2,14,17,18). The summed E-state index contributed by atoms with van der Waals surface area (Å²) in [7, 11) is -3.36. The summed E-state index contributed by atoms with van der Waals surface area (Å²) in [6, 6.07) is 5.69. The summed E-state index contributed by atoms with van der Waals surface area (Å²) in [5.74, 6) is 0.00346. The lowest BCUT2D eigenvalue weighted by molar-refractivity contribution is 0.590. The average molecular weight is 302 g/mol. The van der Waals surface area contributed by atoms with Crippen LogP contribution in [0.4, 0.5) is 0 Å². The predicted octanol–water partition coefficient (Wildman–Crippen LogP) is 1.59. The maximum Gasteiger partial charge on any atom is 0.209 e. The molecule has 5 nitrogen and oxygen atoms in total. The van der Waals surface area contributed by atoms with Crippen LogP contribution in [0.5, 0.6) is 0 Å². The molecule has 7 heteroatoms. The van der Waals surface area contributed by atoms with Crippen LogP contribution in [0.2, 0.25) is 5.02 Å². The van der Waals surface area contributed by atoms with Crippen LogP contribution >= 0.6 is 11.6 Å². The molecular formula is C12H16ClN3O2S. The molecule has 1 heterocycles. The number of primary sulfonamides is 1. The Labute approximate surface area is 117 Å².